The molecule has 2 N–H and O–H groups in total. The van der Waals surface area contributed by atoms with Crippen LogP contribution in [0.25, 0.3) is 0 Å². The van der Waals surface area contributed by atoms with Crippen LogP contribution >= 0.6 is 0 Å². The summed E-state index contributed by atoms with van der Waals surface area (Å²) in [7, 11) is 0. The molecule has 86 valence electrons. The number of rotatable bonds is 3. The molecule has 0 saturated carbocycles. The van der Waals surface area contributed by atoms with Gasteiger partial charge in [0.1, 0.15) is 0 Å². The Balaban J connectivity index is 3.63. The first kappa shape index (κ1) is 11.8. The van der Waals surface area contributed by atoms with Crippen molar-refractivity contribution < 1.29 is 20.3 Å². The average molecular weight is 229 g/mol. The maximum absolute atomic E-state index is 10.7. The summed E-state index contributed by atoms with van der Waals surface area (Å²) >= 11 is 0. The molecular formula is C7H7N3O6. The van der Waals surface area contributed by atoms with Crippen molar-refractivity contribution in [1.29, 1.82) is 0 Å². The van der Waals surface area contributed by atoms with E-state index < -0.39 is 32.1 Å². The third kappa shape index (κ3) is 1.89. The minimum Gasteiger partial charge on any atom is -0.264 e. The number of nitro benzene ring substituents is 2. The Labute approximate surface area is 88.4 Å². The molecule has 0 aliphatic carbocycles. The predicted molar refractivity (Wildman–Crippen MR) is 50.5 cm³/mol. The van der Waals surface area contributed by atoms with Crippen molar-refractivity contribution in [2.45, 2.75) is 6.92 Å². The van der Waals surface area contributed by atoms with Crippen LogP contribution < -0.4 is 5.23 Å². The Bertz CT molecular complexity index is 458. The van der Waals surface area contributed by atoms with Crippen LogP contribution in [0.5, 0.6) is 0 Å². The summed E-state index contributed by atoms with van der Waals surface area (Å²) in [6.45, 7) is 1.31. The summed E-state index contributed by atoms with van der Waals surface area (Å²) in [5.41, 5.74) is -2.34. The lowest BCUT2D eigenvalue weighted by atomic mass is 10.1. The molecule has 0 unspecified atom stereocenters. The van der Waals surface area contributed by atoms with E-state index in [4.69, 9.17) is 10.4 Å². The standard InChI is InChI=1S/C7H7N3O6/c1-4-2-3-5(8(11)12)7(10(15)16)6(4)9(13)14/h2-3,11-12H,1H3. The number of benzene rings is 1. The zero-order chi connectivity index (χ0) is 12.5. The highest BCUT2D eigenvalue weighted by molar-refractivity contribution is 5.73. The molecule has 0 saturated heterocycles. The molecular weight excluding hydrogens is 222 g/mol. The monoisotopic (exact) mass is 229 g/mol. The Kier molecular flexibility index (Phi) is 3.01. The highest BCUT2D eigenvalue weighted by Gasteiger charge is 2.33. The molecule has 1 rings (SSSR count). The number of anilines is 1. The van der Waals surface area contributed by atoms with Crippen LogP contribution in [0.4, 0.5) is 17.1 Å². The second-order valence-electron chi connectivity index (χ2n) is 2.90. The lowest BCUT2D eigenvalue weighted by molar-refractivity contribution is -0.422. The Morgan fingerprint density at radius 1 is 1.12 bits per heavy atom. The quantitative estimate of drug-likeness (QED) is 0.591. The van der Waals surface area contributed by atoms with Crippen molar-refractivity contribution in [3.05, 3.63) is 37.9 Å². The number of hydrogen-bond donors (Lipinski definition) is 2. The molecule has 0 spiro atoms. The van der Waals surface area contributed by atoms with Gasteiger partial charge in [-0.3, -0.25) is 30.6 Å². The van der Waals surface area contributed by atoms with E-state index in [1.807, 2.05) is 0 Å². The molecule has 0 aliphatic rings. The first-order chi connectivity index (χ1) is 7.36. The Morgan fingerprint density at radius 3 is 2.00 bits per heavy atom. The van der Waals surface area contributed by atoms with Crippen LogP contribution in [0, 0.1) is 27.2 Å². The Hall–Kier alpha value is -2.26. The summed E-state index contributed by atoms with van der Waals surface area (Å²) in [6, 6.07) is 2.18. The van der Waals surface area contributed by atoms with Gasteiger partial charge in [0.25, 0.3) is 0 Å². The van der Waals surface area contributed by atoms with Gasteiger partial charge >= 0.3 is 11.4 Å². The van der Waals surface area contributed by atoms with Crippen molar-refractivity contribution in [2.24, 2.45) is 0 Å². The zero-order valence-electron chi connectivity index (χ0n) is 8.02. The third-order valence-corrected chi connectivity index (χ3v) is 1.91. The molecule has 0 bridgehead atoms. The molecule has 16 heavy (non-hydrogen) atoms. The van der Waals surface area contributed by atoms with Gasteiger partial charge in [-0.2, -0.15) is 0 Å². The SMILES string of the molecule is Cc1ccc(N(O)O)c([N+](=O)[O-])c1[N+](=O)[O-]. The molecule has 9 heteroatoms. The van der Waals surface area contributed by atoms with Gasteiger partial charge in [0.2, 0.25) is 0 Å². The van der Waals surface area contributed by atoms with Gasteiger partial charge in [0, 0.05) is 5.56 Å². The highest BCUT2D eigenvalue weighted by atomic mass is 16.8. The minimum absolute atomic E-state index is 0.0577. The van der Waals surface area contributed by atoms with Crippen molar-refractivity contribution in [1.82, 2.24) is 0 Å². The maximum atomic E-state index is 10.7. The van der Waals surface area contributed by atoms with E-state index in [2.05, 4.69) is 0 Å². The van der Waals surface area contributed by atoms with E-state index in [-0.39, 0.29) is 5.56 Å². The van der Waals surface area contributed by atoms with Crippen molar-refractivity contribution in [3.8, 4) is 0 Å². The van der Waals surface area contributed by atoms with Gasteiger partial charge in [-0.1, -0.05) is 0 Å². The number of nitrogens with zero attached hydrogens (tertiary/aromatic N) is 3. The van der Waals surface area contributed by atoms with E-state index in [1.165, 1.54) is 13.0 Å². The Morgan fingerprint density at radius 2 is 1.62 bits per heavy atom. The first-order valence-electron chi connectivity index (χ1n) is 3.96. The van der Waals surface area contributed by atoms with E-state index >= 15 is 0 Å². The van der Waals surface area contributed by atoms with Gasteiger partial charge < -0.3 is 0 Å². The number of nitro groups is 2. The highest BCUT2D eigenvalue weighted by Crippen LogP contribution is 2.38. The summed E-state index contributed by atoms with van der Waals surface area (Å²) in [4.78, 5) is 19.3. The molecule has 1 aromatic rings. The van der Waals surface area contributed by atoms with Crippen LogP contribution in [0.1, 0.15) is 5.56 Å². The summed E-state index contributed by atoms with van der Waals surface area (Å²) in [6.07, 6.45) is 0. The van der Waals surface area contributed by atoms with Crippen molar-refractivity contribution in [3.63, 3.8) is 0 Å². The smallest absolute Gasteiger partial charge is 0.264 e. The number of aryl methyl sites for hydroxylation is 1. The van der Waals surface area contributed by atoms with E-state index in [0.29, 0.717) is 0 Å². The molecule has 0 aliphatic heterocycles. The molecule has 0 amide bonds. The molecule has 9 nitrogen and oxygen atoms in total. The van der Waals surface area contributed by atoms with Crippen LogP contribution in [-0.4, -0.2) is 20.3 Å². The van der Waals surface area contributed by atoms with Crippen molar-refractivity contribution in [2.75, 3.05) is 5.23 Å². The van der Waals surface area contributed by atoms with E-state index in [9.17, 15) is 20.2 Å². The van der Waals surface area contributed by atoms with Crippen LogP contribution in [0.15, 0.2) is 12.1 Å². The molecule has 0 heterocycles. The largest absolute Gasteiger partial charge is 0.374 e. The van der Waals surface area contributed by atoms with Crippen LogP contribution in [0.3, 0.4) is 0 Å². The van der Waals surface area contributed by atoms with E-state index in [1.54, 1.807) is 0 Å². The van der Waals surface area contributed by atoms with Crippen LogP contribution in [-0.2, 0) is 0 Å². The number of hydrogen-bond acceptors (Lipinski definition) is 7. The fourth-order valence-electron chi connectivity index (χ4n) is 1.24. The van der Waals surface area contributed by atoms with Gasteiger partial charge in [0.05, 0.1) is 9.85 Å². The minimum atomic E-state index is -1.04. The van der Waals surface area contributed by atoms with Gasteiger partial charge in [-0.15, -0.1) is 5.23 Å². The molecule has 0 radical (unpaired) electrons. The van der Waals surface area contributed by atoms with Crippen LogP contribution in [0.2, 0.25) is 0 Å². The predicted octanol–water partition coefficient (Wildman–Crippen LogP) is 1.40. The molecule has 1 aromatic carbocycles. The second-order valence-corrected chi connectivity index (χ2v) is 2.90. The van der Waals surface area contributed by atoms with Gasteiger partial charge in [0.15, 0.2) is 5.69 Å². The van der Waals surface area contributed by atoms with Crippen molar-refractivity contribution >= 4 is 17.1 Å². The topological polar surface area (TPSA) is 130 Å². The lowest BCUT2D eigenvalue weighted by Crippen LogP contribution is -2.14. The third-order valence-electron chi connectivity index (χ3n) is 1.91. The second kappa shape index (κ2) is 4.08. The maximum Gasteiger partial charge on any atom is 0.374 e. The molecule has 0 fully saturated rings. The summed E-state index contributed by atoms with van der Waals surface area (Å²) in [5.74, 6) is 0. The summed E-state index contributed by atoms with van der Waals surface area (Å²) in [5, 5.41) is 38.2. The normalized spacial score (nSPS) is 9.94. The van der Waals surface area contributed by atoms with Gasteiger partial charge in [-0.25, -0.2) is 0 Å². The molecule has 0 atom stereocenters. The van der Waals surface area contributed by atoms with Gasteiger partial charge in [-0.05, 0) is 19.1 Å². The summed E-state index contributed by atoms with van der Waals surface area (Å²) < 4.78 is 0. The fourth-order valence-corrected chi connectivity index (χ4v) is 1.24. The fraction of sp³-hybridized carbons (Fsp3) is 0.143. The first-order valence-corrected chi connectivity index (χ1v) is 3.96. The molecule has 0 aromatic heterocycles. The van der Waals surface area contributed by atoms with E-state index in [0.717, 1.165) is 6.07 Å². The average Bonchev–Trinajstić information content (AvgIpc) is 2.15. The lowest BCUT2D eigenvalue weighted by Gasteiger charge is -2.08. The zero-order valence-corrected chi connectivity index (χ0v) is 8.02.